The molecule has 0 saturated carbocycles. The van der Waals surface area contributed by atoms with Crippen LogP contribution in [0.5, 0.6) is 0 Å². The minimum Gasteiger partial charge on any atom is -0.331 e. The third-order valence-corrected chi connectivity index (χ3v) is 3.96. The smallest absolute Gasteiger partial charge is 0.178 e. The number of imidazole rings is 1. The van der Waals surface area contributed by atoms with E-state index in [1.165, 1.54) is 11.1 Å². The van der Waals surface area contributed by atoms with Crippen LogP contribution in [-0.4, -0.2) is 9.55 Å². The molecule has 0 spiro atoms. The third-order valence-electron chi connectivity index (χ3n) is 3.33. The molecule has 96 valence electrons. The van der Waals surface area contributed by atoms with Gasteiger partial charge in [-0.15, -0.1) is 0 Å². The Kier molecular flexibility index (Phi) is 3.17. The first kappa shape index (κ1) is 12.5. The van der Waals surface area contributed by atoms with Gasteiger partial charge in [0.1, 0.15) is 0 Å². The maximum Gasteiger partial charge on any atom is 0.178 e. The first-order valence-electron chi connectivity index (χ1n) is 6.08. The molecule has 0 unspecified atom stereocenters. The zero-order chi connectivity index (χ0) is 13.4. The summed E-state index contributed by atoms with van der Waals surface area (Å²) < 4.78 is 2.75. The Bertz CT molecular complexity index is 801. The second-order valence-corrected chi connectivity index (χ2v) is 5.37. The summed E-state index contributed by atoms with van der Waals surface area (Å²) in [5.74, 6) is 0. The average Bonchev–Trinajstić information content (AvgIpc) is 2.70. The Morgan fingerprint density at radius 2 is 1.95 bits per heavy atom. The molecule has 19 heavy (non-hydrogen) atoms. The summed E-state index contributed by atoms with van der Waals surface area (Å²) in [4.78, 5) is 3.20. The summed E-state index contributed by atoms with van der Waals surface area (Å²) in [6, 6.07) is 14.1. The molecule has 0 amide bonds. The molecule has 0 aliphatic carbocycles. The highest BCUT2D eigenvalue weighted by Gasteiger charge is 2.09. The number of nitrogens with zero attached hydrogens (tertiary/aromatic N) is 1. The molecule has 0 fully saturated rings. The molecule has 1 heterocycles. The van der Waals surface area contributed by atoms with E-state index in [-0.39, 0.29) is 0 Å². The molecule has 0 aliphatic heterocycles. The van der Waals surface area contributed by atoms with Crippen molar-refractivity contribution < 1.29 is 0 Å². The number of aryl methyl sites for hydroxylation is 1. The van der Waals surface area contributed by atoms with E-state index < -0.39 is 0 Å². The van der Waals surface area contributed by atoms with E-state index in [4.69, 9.17) is 23.8 Å². The zero-order valence-corrected chi connectivity index (χ0v) is 12.1. The van der Waals surface area contributed by atoms with Crippen molar-refractivity contribution in [1.82, 2.24) is 9.55 Å². The number of aromatic nitrogens is 2. The summed E-state index contributed by atoms with van der Waals surface area (Å²) in [6.45, 7) is 2.84. The highest BCUT2D eigenvalue weighted by molar-refractivity contribution is 7.71. The maximum absolute atomic E-state index is 6.29. The first-order chi connectivity index (χ1) is 9.16. The SMILES string of the molecule is Cc1ccccc1Cn1c(=S)[nH]c2cccc(Cl)c21. The molecule has 0 aliphatic rings. The lowest BCUT2D eigenvalue weighted by atomic mass is 10.1. The number of hydrogen-bond donors (Lipinski definition) is 1. The fraction of sp³-hybridized carbons (Fsp3) is 0.133. The van der Waals surface area contributed by atoms with Gasteiger partial charge in [-0.05, 0) is 42.4 Å². The van der Waals surface area contributed by atoms with E-state index in [0.29, 0.717) is 4.77 Å². The van der Waals surface area contributed by atoms with Crippen LogP contribution in [0.2, 0.25) is 5.02 Å². The van der Waals surface area contributed by atoms with E-state index in [1.54, 1.807) is 0 Å². The number of halogens is 1. The van der Waals surface area contributed by atoms with E-state index in [0.717, 1.165) is 22.6 Å². The lowest BCUT2D eigenvalue weighted by Crippen LogP contribution is -2.01. The Morgan fingerprint density at radius 3 is 2.74 bits per heavy atom. The second kappa shape index (κ2) is 4.83. The van der Waals surface area contributed by atoms with Crippen LogP contribution < -0.4 is 0 Å². The lowest BCUT2D eigenvalue weighted by molar-refractivity contribution is 0.805. The molecule has 0 bridgehead atoms. The van der Waals surface area contributed by atoms with Crippen LogP contribution in [-0.2, 0) is 6.54 Å². The van der Waals surface area contributed by atoms with Gasteiger partial charge in [0.15, 0.2) is 4.77 Å². The Morgan fingerprint density at radius 1 is 1.16 bits per heavy atom. The van der Waals surface area contributed by atoms with Gasteiger partial charge in [-0.25, -0.2) is 0 Å². The zero-order valence-electron chi connectivity index (χ0n) is 10.5. The van der Waals surface area contributed by atoms with Gasteiger partial charge >= 0.3 is 0 Å². The Balaban J connectivity index is 2.19. The molecule has 2 aromatic carbocycles. The predicted molar refractivity (Wildman–Crippen MR) is 82.4 cm³/mol. The van der Waals surface area contributed by atoms with Crippen molar-refractivity contribution in [2.45, 2.75) is 13.5 Å². The number of rotatable bonds is 2. The van der Waals surface area contributed by atoms with Gasteiger partial charge in [-0.1, -0.05) is 41.9 Å². The van der Waals surface area contributed by atoms with E-state index in [9.17, 15) is 0 Å². The number of hydrogen-bond acceptors (Lipinski definition) is 1. The fourth-order valence-electron chi connectivity index (χ4n) is 2.28. The first-order valence-corrected chi connectivity index (χ1v) is 6.87. The molecule has 4 heteroatoms. The normalized spacial score (nSPS) is 11.1. The highest BCUT2D eigenvalue weighted by atomic mass is 35.5. The van der Waals surface area contributed by atoms with Gasteiger partial charge in [0, 0.05) is 0 Å². The van der Waals surface area contributed by atoms with Crippen LogP contribution in [0.1, 0.15) is 11.1 Å². The summed E-state index contributed by atoms with van der Waals surface area (Å²) >= 11 is 11.7. The average molecular weight is 289 g/mol. The summed E-state index contributed by atoms with van der Waals surface area (Å²) in [5.41, 5.74) is 4.45. The number of aromatic amines is 1. The molecule has 0 radical (unpaired) electrons. The molecular formula is C15H13ClN2S. The largest absolute Gasteiger partial charge is 0.331 e. The maximum atomic E-state index is 6.29. The van der Waals surface area contributed by atoms with Crippen molar-refractivity contribution in [3.63, 3.8) is 0 Å². The Hall–Kier alpha value is -1.58. The minimum atomic E-state index is 0.700. The van der Waals surface area contributed by atoms with Gasteiger partial charge in [0.2, 0.25) is 0 Å². The molecule has 0 atom stereocenters. The molecule has 3 aromatic rings. The topological polar surface area (TPSA) is 20.7 Å². The van der Waals surface area contributed by atoms with Gasteiger partial charge in [-0.3, -0.25) is 0 Å². The molecule has 2 nitrogen and oxygen atoms in total. The number of para-hydroxylation sites is 1. The monoisotopic (exact) mass is 288 g/mol. The molecule has 1 N–H and O–H groups in total. The van der Waals surface area contributed by atoms with Crippen molar-refractivity contribution in [2.24, 2.45) is 0 Å². The van der Waals surface area contributed by atoms with Gasteiger partial charge in [-0.2, -0.15) is 0 Å². The Labute approximate surface area is 121 Å². The quantitative estimate of drug-likeness (QED) is 0.677. The minimum absolute atomic E-state index is 0.700. The number of benzene rings is 2. The van der Waals surface area contributed by atoms with Crippen LogP contribution in [0.3, 0.4) is 0 Å². The van der Waals surface area contributed by atoms with Crippen molar-refractivity contribution in [1.29, 1.82) is 0 Å². The highest BCUT2D eigenvalue weighted by Crippen LogP contribution is 2.24. The van der Waals surface area contributed by atoms with Crippen molar-refractivity contribution in [3.8, 4) is 0 Å². The molecule has 0 saturated heterocycles. The van der Waals surface area contributed by atoms with Crippen LogP contribution >= 0.6 is 23.8 Å². The van der Waals surface area contributed by atoms with Gasteiger partial charge in [0.05, 0.1) is 22.6 Å². The van der Waals surface area contributed by atoms with Gasteiger partial charge in [0.25, 0.3) is 0 Å². The van der Waals surface area contributed by atoms with Crippen molar-refractivity contribution in [3.05, 3.63) is 63.4 Å². The summed E-state index contributed by atoms with van der Waals surface area (Å²) in [7, 11) is 0. The summed E-state index contributed by atoms with van der Waals surface area (Å²) in [6.07, 6.45) is 0. The van der Waals surface area contributed by atoms with Crippen molar-refractivity contribution in [2.75, 3.05) is 0 Å². The molecule has 3 rings (SSSR count). The second-order valence-electron chi connectivity index (χ2n) is 4.58. The van der Waals surface area contributed by atoms with Crippen LogP contribution in [0.15, 0.2) is 42.5 Å². The lowest BCUT2D eigenvalue weighted by Gasteiger charge is -2.08. The van der Waals surface area contributed by atoms with E-state index in [2.05, 4.69) is 28.6 Å². The standard InChI is InChI=1S/C15H13ClN2S/c1-10-5-2-3-6-11(10)9-18-14-12(16)7-4-8-13(14)17-15(18)19/h2-8H,9H2,1H3,(H,17,19). The third kappa shape index (κ3) is 2.20. The van der Waals surface area contributed by atoms with Crippen molar-refractivity contribution >= 4 is 34.9 Å². The van der Waals surface area contributed by atoms with Crippen LogP contribution in [0.25, 0.3) is 11.0 Å². The van der Waals surface area contributed by atoms with Gasteiger partial charge < -0.3 is 9.55 Å². The summed E-state index contributed by atoms with van der Waals surface area (Å²) in [5, 5.41) is 0.721. The van der Waals surface area contributed by atoms with Crippen LogP contribution in [0.4, 0.5) is 0 Å². The number of nitrogens with one attached hydrogen (secondary N) is 1. The molecule has 1 aromatic heterocycles. The number of H-pyrrole nitrogens is 1. The molecular weight excluding hydrogens is 276 g/mol. The van der Waals surface area contributed by atoms with Crippen LogP contribution in [0, 0.1) is 11.7 Å². The fourth-order valence-corrected chi connectivity index (χ4v) is 2.83. The van der Waals surface area contributed by atoms with E-state index >= 15 is 0 Å². The predicted octanol–water partition coefficient (Wildman–Crippen LogP) is 4.71. The number of fused-ring (bicyclic) bond motifs is 1. The van der Waals surface area contributed by atoms with E-state index in [1.807, 2.05) is 30.3 Å².